The van der Waals surface area contributed by atoms with Gasteiger partial charge in [-0.25, -0.2) is 0 Å². The minimum absolute atomic E-state index is 0.129. The Hall–Kier alpha value is 0.630. The third-order valence-corrected chi connectivity index (χ3v) is 3.61. The lowest BCUT2D eigenvalue weighted by atomic mass is 10.2. The van der Waals surface area contributed by atoms with E-state index in [1.165, 1.54) is 7.11 Å². The predicted molar refractivity (Wildman–Crippen MR) is 56.0 cm³/mol. The molecule has 0 rings (SSSR count). The second kappa shape index (κ2) is 6.18. The highest BCUT2D eigenvalue weighted by Crippen LogP contribution is 2.34. The predicted octanol–water partition coefficient (Wildman–Crippen LogP) is 2.96. The Morgan fingerprint density at radius 3 is 2.46 bits per heavy atom. The van der Waals surface area contributed by atoms with Crippen LogP contribution < -0.4 is 0 Å². The summed E-state index contributed by atoms with van der Waals surface area (Å²) in [5.41, 5.74) is 0. The molecule has 0 aromatic rings. The monoisotopic (exact) mass is 266 g/mol. The van der Waals surface area contributed by atoms with Crippen molar-refractivity contribution in [3.8, 4) is 0 Å². The van der Waals surface area contributed by atoms with E-state index in [0.717, 1.165) is 0 Å². The summed E-state index contributed by atoms with van der Waals surface area (Å²) in [5.74, 6) is -0.237. The van der Waals surface area contributed by atoms with Crippen molar-refractivity contribution in [3.05, 3.63) is 0 Å². The molecule has 0 fully saturated rings. The Kier molecular flexibility index (Phi) is 6.48. The lowest BCUT2D eigenvalue weighted by Crippen LogP contribution is -2.28. The first kappa shape index (κ1) is 13.6. The summed E-state index contributed by atoms with van der Waals surface area (Å²) in [7, 11) is 1.30. The lowest BCUT2D eigenvalue weighted by molar-refractivity contribution is -0.140. The number of alkyl halides is 4. The summed E-state index contributed by atoms with van der Waals surface area (Å²) < 4.78 is 3.24. The van der Waals surface area contributed by atoms with E-state index in [9.17, 15) is 4.79 Å². The van der Waals surface area contributed by atoms with Crippen molar-refractivity contribution >= 4 is 52.4 Å². The van der Waals surface area contributed by atoms with Crippen LogP contribution in [-0.4, -0.2) is 28.7 Å². The van der Waals surface area contributed by atoms with E-state index in [4.69, 9.17) is 46.4 Å². The van der Waals surface area contributed by atoms with Gasteiger partial charge in [0.25, 0.3) is 0 Å². The van der Waals surface area contributed by atoms with Gasteiger partial charge < -0.3 is 4.74 Å². The van der Waals surface area contributed by atoms with Crippen molar-refractivity contribution in [2.75, 3.05) is 13.0 Å². The largest absolute Gasteiger partial charge is 0.469 e. The molecular weight excluding hydrogens is 258 g/mol. The zero-order valence-electron chi connectivity index (χ0n) is 7.03. The van der Waals surface area contributed by atoms with Gasteiger partial charge in [-0.3, -0.25) is 4.79 Å². The summed E-state index contributed by atoms with van der Waals surface area (Å²) in [6, 6.07) is 0. The molecule has 0 aliphatic heterocycles. The fourth-order valence-corrected chi connectivity index (χ4v) is 1.51. The van der Waals surface area contributed by atoms with Crippen LogP contribution in [0.25, 0.3) is 0 Å². The molecule has 1 unspecified atom stereocenters. The van der Waals surface area contributed by atoms with Crippen LogP contribution in [0.5, 0.6) is 0 Å². The summed E-state index contributed by atoms with van der Waals surface area (Å²) in [6.07, 6.45) is 0.354. The number of rotatable bonds is 5. The number of hydrogen-bond acceptors (Lipinski definition) is 2. The number of carbonyl (C=O) groups is 1. The Bertz CT molecular complexity index is 172. The van der Waals surface area contributed by atoms with Crippen molar-refractivity contribution in [2.24, 2.45) is 0 Å². The molecule has 0 heterocycles. The first-order valence-electron chi connectivity index (χ1n) is 3.58. The average Bonchev–Trinajstić information content (AvgIpc) is 2.12. The van der Waals surface area contributed by atoms with Gasteiger partial charge in [-0.05, 0) is 6.42 Å². The van der Waals surface area contributed by atoms with E-state index in [1.807, 2.05) is 0 Å². The lowest BCUT2D eigenvalue weighted by Gasteiger charge is -2.22. The SMILES string of the molecule is COC(=O)CCC(Cl)(Cl)C(Cl)CCl. The maximum Gasteiger partial charge on any atom is 0.305 e. The van der Waals surface area contributed by atoms with Crippen LogP contribution in [0, 0.1) is 0 Å². The molecule has 0 N–H and O–H groups in total. The molecular formula is C7H10Cl4O2. The highest BCUT2D eigenvalue weighted by Gasteiger charge is 2.33. The molecule has 2 nitrogen and oxygen atoms in total. The minimum Gasteiger partial charge on any atom is -0.469 e. The van der Waals surface area contributed by atoms with Crippen LogP contribution >= 0.6 is 46.4 Å². The van der Waals surface area contributed by atoms with Crippen molar-refractivity contribution < 1.29 is 9.53 Å². The van der Waals surface area contributed by atoms with E-state index in [2.05, 4.69) is 4.74 Å². The van der Waals surface area contributed by atoms with Crippen LogP contribution in [-0.2, 0) is 9.53 Å². The number of hydrogen-bond donors (Lipinski definition) is 0. The number of halogens is 4. The third kappa shape index (κ3) is 5.16. The number of carbonyl (C=O) groups excluding carboxylic acids is 1. The molecule has 0 spiro atoms. The van der Waals surface area contributed by atoms with Gasteiger partial charge >= 0.3 is 5.97 Å². The molecule has 0 saturated carbocycles. The van der Waals surface area contributed by atoms with E-state index < -0.39 is 9.71 Å². The second-order valence-corrected chi connectivity index (χ2v) is 4.84. The van der Waals surface area contributed by atoms with Crippen molar-refractivity contribution in [3.63, 3.8) is 0 Å². The maximum absolute atomic E-state index is 10.8. The van der Waals surface area contributed by atoms with Gasteiger partial charge in [0, 0.05) is 12.3 Å². The van der Waals surface area contributed by atoms with Gasteiger partial charge in [0.1, 0.15) is 4.33 Å². The highest BCUT2D eigenvalue weighted by atomic mass is 35.5. The molecule has 0 radical (unpaired) electrons. The van der Waals surface area contributed by atoms with Gasteiger partial charge in [-0.1, -0.05) is 23.2 Å². The summed E-state index contributed by atoms with van der Waals surface area (Å²) in [4.78, 5) is 10.8. The van der Waals surface area contributed by atoms with Crippen LogP contribution in [0.3, 0.4) is 0 Å². The van der Waals surface area contributed by atoms with Gasteiger partial charge in [0.2, 0.25) is 0 Å². The second-order valence-electron chi connectivity index (χ2n) is 2.46. The molecule has 78 valence electrons. The molecule has 0 aliphatic carbocycles. The fraction of sp³-hybridized carbons (Fsp3) is 0.857. The smallest absolute Gasteiger partial charge is 0.305 e. The topological polar surface area (TPSA) is 26.3 Å². The Morgan fingerprint density at radius 2 is 2.08 bits per heavy atom. The van der Waals surface area contributed by atoms with E-state index in [0.29, 0.717) is 0 Å². The van der Waals surface area contributed by atoms with Crippen LogP contribution in [0.1, 0.15) is 12.8 Å². The molecule has 0 saturated heterocycles. The number of ether oxygens (including phenoxy) is 1. The Balaban J connectivity index is 3.95. The zero-order valence-corrected chi connectivity index (χ0v) is 10.1. The highest BCUT2D eigenvalue weighted by molar-refractivity contribution is 6.53. The first-order chi connectivity index (χ1) is 5.94. The van der Waals surface area contributed by atoms with Crippen LogP contribution in [0.4, 0.5) is 0 Å². The van der Waals surface area contributed by atoms with Crippen LogP contribution in [0.15, 0.2) is 0 Å². The van der Waals surface area contributed by atoms with Crippen molar-refractivity contribution in [2.45, 2.75) is 22.6 Å². The summed E-state index contributed by atoms with van der Waals surface area (Å²) in [5, 5.41) is -0.581. The van der Waals surface area contributed by atoms with Crippen molar-refractivity contribution in [1.29, 1.82) is 0 Å². The van der Waals surface area contributed by atoms with E-state index >= 15 is 0 Å². The van der Waals surface area contributed by atoms with Gasteiger partial charge in [-0.15, -0.1) is 23.2 Å². The molecule has 0 aliphatic rings. The molecule has 0 bridgehead atoms. The Morgan fingerprint density at radius 1 is 1.54 bits per heavy atom. The maximum atomic E-state index is 10.8. The Labute approximate surface area is 97.4 Å². The standard InChI is InChI=1S/C7H10Cl4O2/c1-13-6(12)2-3-7(10,11)5(9)4-8/h5H,2-4H2,1H3. The van der Waals surface area contributed by atoms with Gasteiger partial charge in [-0.2, -0.15) is 0 Å². The van der Waals surface area contributed by atoms with Gasteiger partial charge in [0.05, 0.1) is 12.5 Å². The van der Waals surface area contributed by atoms with E-state index in [1.54, 1.807) is 0 Å². The van der Waals surface area contributed by atoms with E-state index in [-0.39, 0.29) is 24.7 Å². The minimum atomic E-state index is -1.18. The molecule has 0 amide bonds. The molecule has 0 aromatic heterocycles. The quantitative estimate of drug-likeness (QED) is 0.566. The number of esters is 1. The normalized spacial score (nSPS) is 13.9. The zero-order chi connectivity index (χ0) is 10.5. The summed E-state index contributed by atoms with van der Waals surface area (Å²) in [6.45, 7) is 0. The fourth-order valence-electron chi connectivity index (χ4n) is 0.640. The van der Waals surface area contributed by atoms with Crippen molar-refractivity contribution in [1.82, 2.24) is 0 Å². The first-order valence-corrected chi connectivity index (χ1v) is 5.31. The molecule has 13 heavy (non-hydrogen) atoms. The van der Waals surface area contributed by atoms with Crippen LogP contribution in [0.2, 0.25) is 0 Å². The third-order valence-electron chi connectivity index (χ3n) is 1.48. The molecule has 1 atom stereocenters. The molecule has 0 aromatic carbocycles. The summed E-state index contributed by atoms with van der Waals surface area (Å²) >= 11 is 22.9. The average molecular weight is 268 g/mol. The number of methoxy groups -OCH3 is 1. The molecule has 6 heteroatoms. The van der Waals surface area contributed by atoms with Gasteiger partial charge in [0.15, 0.2) is 0 Å².